The van der Waals surface area contributed by atoms with E-state index in [1.807, 2.05) is 6.07 Å². The monoisotopic (exact) mass is 311 g/mol. The minimum atomic E-state index is -0.449. The van der Waals surface area contributed by atoms with Crippen molar-refractivity contribution in [2.45, 2.75) is 12.3 Å². The van der Waals surface area contributed by atoms with Crippen molar-refractivity contribution >= 4 is 0 Å². The van der Waals surface area contributed by atoms with E-state index in [1.54, 1.807) is 12.1 Å². The van der Waals surface area contributed by atoms with E-state index < -0.39 is 5.92 Å². The summed E-state index contributed by atoms with van der Waals surface area (Å²) in [6, 6.07) is 5.37. The van der Waals surface area contributed by atoms with Crippen LogP contribution >= 0.6 is 0 Å². The fourth-order valence-corrected chi connectivity index (χ4v) is 1.95. The molecule has 7 nitrogen and oxygen atoms in total. The van der Waals surface area contributed by atoms with E-state index in [0.29, 0.717) is 22.8 Å². The zero-order chi connectivity index (χ0) is 16.4. The number of ether oxygens (including phenoxy) is 5. The van der Waals surface area contributed by atoms with Crippen molar-refractivity contribution in [2.75, 3.05) is 41.5 Å². The molecule has 0 spiro atoms. The van der Waals surface area contributed by atoms with Crippen molar-refractivity contribution in [2.24, 2.45) is 0 Å². The molecule has 1 aromatic rings. The Balaban J connectivity index is 3.32. The van der Waals surface area contributed by atoms with Crippen LogP contribution in [0.3, 0.4) is 0 Å². The minimum Gasteiger partial charge on any atom is -0.496 e. The Bertz CT molecular complexity index is 470. The number of methoxy groups -OCH3 is 3. The lowest BCUT2D eigenvalue weighted by Gasteiger charge is -2.21. The Hall–Kier alpha value is -2.01. The average Bonchev–Trinajstić information content (AvgIpc) is 2.55. The molecule has 122 valence electrons. The Morgan fingerprint density at radius 2 is 1.64 bits per heavy atom. The third-order valence-corrected chi connectivity index (χ3v) is 2.94. The first kappa shape index (κ1) is 18.0. The first-order valence-corrected chi connectivity index (χ1v) is 6.65. The third-order valence-electron chi connectivity index (χ3n) is 2.94. The van der Waals surface area contributed by atoms with E-state index >= 15 is 0 Å². The molecule has 1 aromatic carbocycles. The molecule has 0 heterocycles. The predicted octanol–water partition coefficient (Wildman–Crippen LogP) is 1.65. The second kappa shape index (κ2) is 9.84. The van der Waals surface area contributed by atoms with Crippen molar-refractivity contribution in [3.63, 3.8) is 0 Å². The largest absolute Gasteiger partial charge is 0.496 e. The molecule has 0 fully saturated rings. The molecule has 1 N–H and O–H groups in total. The molecule has 22 heavy (non-hydrogen) atoms. The lowest BCUT2D eigenvalue weighted by Crippen LogP contribution is -2.12. The number of hydrogen-bond donors (Lipinski definition) is 1. The fourth-order valence-electron chi connectivity index (χ4n) is 1.95. The first-order valence-electron chi connectivity index (χ1n) is 6.65. The first-order chi connectivity index (χ1) is 10.7. The molecule has 0 unspecified atom stereocenters. The van der Waals surface area contributed by atoms with Gasteiger partial charge in [0.1, 0.15) is 17.2 Å². The summed E-state index contributed by atoms with van der Waals surface area (Å²) in [4.78, 5) is 0. The summed E-state index contributed by atoms with van der Waals surface area (Å²) in [6.45, 7) is -0.171. The van der Waals surface area contributed by atoms with Crippen molar-refractivity contribution in [1.82, 2.24) is 0 Å². The van der Waals surface area contributed by atoms with E-state index in [0.717, 1.165) is 0 Å². The lowest BCUT2D eigenvalue weighted by molar-refractivity contribution is 0.0433. The van der Waals surface area contributed by atoms with Gasteiger partial charge in [-0.25, -0.2) is 0 Å². The van der Waals surface area contributed by atoms with E-state index in [9.17, 15) is 5.11 Å². The number of nitrogens with zero attached hydrogens (tertiary/aromatic N) is 1. The molecule has 0 amide bonds. The Morgan fingerprint density at radius 3 is 2.00 bits per heavy atom. The maximum Gasteiger partial charge on any atom is 0.188 e. The van der Waals surface area contributed by atoms with Crippen molar-refractivity contribution in [1.29, 1.82) is 5.26 Å². The van der Waals surface area contributed by atoms with Gasteiger partial charge in [0.15, 0.2) is 13.6 Å². The Kier molecular flexibility index (Phi) is 8.07. The van der Waals surface area contributed by atoms with Crippen LogP contribution < -0.4 is 14.2 Å². The number of aliphatic hydroxyl groups excluding tert-OH is 1. The van der Waals surface area contributed by atoms with Crippen LogP contribution in [0.5, 0.6) is 17.2 Å². The number of hydrogen-bond acceptors (Lipinski definition) is 7. The molecule has 0 aliphatic rings. The second-order valence-corrected chi connectivity index (χ2v) is 4.38. The molecule has 0 saturated carbocycles. The van der Waals surface area contributed by atoms with Gasteiger partial charge >= 0.3 is 0 Å². The number of rotatable bonds is 10. The molecule has 0 bridgehead atoms. The summed E-state index contributed by atoms with van der Waals surface area (Å²) in [5, 5.41) is 18.5. The maximum absolute atomic E-state index is 9.58. The van der Waals surface area contributed by atoms with Crippen molar-refractivity contribution < 1.29 is 28.8 Å². The zero-order valence-electron chi connectivity index (χ0n) is 13.0. The highest BCUT2D eigenvalue weighted by molar-refractivity contribution is 5.53. The smallest absolute Gasteiger partial charge is 0.188 e. The van der Waals surface area contributed by atoms with Gasteiger partial charge in [-0.2, -0.15) is 5.26 Å². The normalized spacial score (nSPS) is 11.6. The summed E-state index contributed by atoms with van der Waals surface area (Å²) in [5.41, 5.74) is 0.582. The highest BCUT2D eigenvalue weighted by Gasteiger charge is 2.23. The molecule has 0 radical (unpaired) electrons. The number of nitriles is 1. The molecule has 1 atom stereocenters. The van der Waals surface area contributed by atoms with Crippen LogP contribution in [-0.4, -0.2) is 46.6 Å². The average molecular weight is 311 g/mol. The van der Waals surface area contributed by atoms with E-state index in [2.05, 4.69) is 0 Å². The van der Waals surface area contributed by atoms with Gasteiger partial charge in [0.2, 0.25) is 0 Å². The zero-order valence-corrected chi connectivity index (χ0v) is 13.0. The highest BCUT2D eigenvalue weighted by atomic mass is 16.7. The molecule has 0 saturated heterocycles. The molecular formula is C15H21NO6. The molecular weight excluding hydrogens is 290 g/mol. The van der Waals surface area contributed by atoms with E-state index in [-0.39, 0.29) is 26.6 Å². The molecule has 0 aliphatic carbocycles. The number of benzene rings is 1. The molecule has 7 heteroatoms. The Labute approximate surface area is 129 Å². The van der Waals surface area contributed by atoms with Gasteiger partial charge in [-0.15, -0.1) is 0 Å². The predicted molar refractivity (Wildman–Crippen MR) is 78.1 cm³/mol. The van der Waals surface area contributed by atoms with E-state index in [4.69, 9.17) is 28.9 Å². The molecule has 1 rings (SSSR count). The minimum absolute atomic E-state index is 0.0224. The molecule has 0 aliphatic heterocycles. The standard InChI is InChI=1S/C15H21NO6/c1-18-9-21-13-6-12(20-3)7-14(22-10-19-2)15(13)11(8-17)4-5-16/h6-7,11,17H,4,8-10H2,1-3H3/t11-/m0/s1. The third kappa shape index (κ3) is 4.77. The number of aliphatic hydroxyl groups is 1. The maximum atomic E-state index is 9.58. The quantitative estimate of drug-likeness (QED) is 0.657. The van der Waals surface area contributed by atoms with E-state index in [1.165, 1.54) is 21.3 Å². The van der Waals surface area contributed by atoms with Gasteiger partial charge in [-0.1, -0.05) is 0 Å². The van der Waals surface area contributed by atoms with Crippen molar-refractivity contribution in [3.8, 4) is 23.3 Å². The topological polar surface area (TPSA) is 90.2 Å². The van der Waals surface area contributed by atoms with Gasteiger partial charge in [0.25, 0.3) is 0 Å². The fraction of sp³-hybridized carbons (Fsp3) is 0.533. The van der Waals surface area contributed by atoms with Crippen LogP contribution in [0.2, 0.25) is 0 Å². The Morgan fingerprint density at radius 1 is 1.09 bits per heavy atom. The SMILES string of the molecule is COCOc1cc(OC)cc(OCOC)c1[C@H](CO)CC#N. The van der Waals surface area contributed by atoms with Crippen LogP contribution in [0.1, 0.15) is 17.9 Å². The van der Waals surface area contributed by atoms with Gasteiger partial charge in [-0.3, -0.25) is 0 Å². The van der Waals surface area contributed by atoms with Gasteiger partial charge in [0, 0.05) is 44.3 Å². The lowest BCUT2D eigenvalue weighted by atomic mass is 9.95. The second-order valence-electron chi connectivity index (χ2n) is 4.38. The summed E-state index contributed by atoms with van der Waals surface area (Å²) in [7, 11) is 4.52. The van der Waals surface area contributed by atoms with Crippen LogP contribution in [0.15, 0.2) is 12.1 Å². The van der Waals surface area contributed by atoms with Crippen LogP contribution in [0.4, 0.5) is 0 Å². The molecule has 0 aromatic heterocycles. The summed E-state index contributed by atoms with van der Waals surface area (Å²) < 4.78 is 26.1. The van der Waals surface area contributed by atoms with Crippen LogP contribution in [0.25, 0.3) is 0 Å². The van der Waals surface area contributed by atoms with Gasteiger partial charge < -0.3 is 28.8 Å². The van der Waals surface area contributed by atoms with Gasteiger partial charge in [0.05, 0.1) is 19.8 Å². The summed E-state index contributed by atoms with van der Waals surface area (Å²) in [6.07, 6.45) is 0.121. The van der Waals surface area contributed by atoms with Crippen LogP contribution in [0, 0.1) is 11.3 Å². The van der Waals surface area contributed by atoms with Gasteiger partial charge in [-0.05, 0) is 0 Å². The van der Waals surface area contributed by atoms with Crippen LogP contribution in [-0.2, 0) is 9.47 Å². The highest BCUT2D eigenvalue weighted by Crippen LogP contribution is 2.40. The summed E-state index contributed by atoms with van der Waals surface area (Å²) >= 11 is 0. The summed E-state index contributed by atoms with van der Waals surface area (Å²) in [5.74, 6) is 0.937. The van der Waals surface area contributed by atoms with Crippen molar-refractivity contribution in [3.05, 3.63) is 17.7 Å².